The molecule has 3 heteroatoms. The van der Waals surface area contributed by atoms with Crippen LogP contribution in [-0.2, 0) is 4.43 Å². The Balaban J connectivity index is 5.15. The third kappa shape index (κ3) is 5.15. The van der Waals surface area contributed by atoms with Crippen molar-refractivity contribution < 1.29 is 9.53 Å². The van der Waals surface area contributed by atoms with Gasteiger partial charge in [0.25, 0.3) is 8.32 Å². The van der Waals surface area contributed by atoms with Gasteiger partial charge in [0.1, 0.15) is 0 Å². The molecule has 0 aliphatic carbocycles. The molecule has 0 aromatic carbocycles. The molecule has 0 atom stereocenters. The van der Waals surface area contributed by atoms with Crippen LogP contribution in [0.3, 0.4) is 0 Å². The van der Waals surface area contributed by atoms with Crippen molar-refractivity contribution in [3.8, 4) is 0 Å². The highest BCUT2D eigenvalue weighted by Crippen LogP contribution is 2.43. The van der Waals surface area contributed by atoms with Crippen LogP contribution >= 0.6 is 0 Å². The second-order valence-electron chi connectivity index (χ2n) is 6.87. The van der Waals surface area contributed by atoms with Gasteiger partial charge in [-0.05, 0) is 36.5 Å². The predicted molar refractivity (Wildman–Crippen MR) is 86.7 cm³/mol. The van der Waals surface area contributed by atoms with Crippen molar-refractivity contribution in [3.63, 3.8) is 0 Å². The average Bonchev–Trinajstić information content (AvgIpc) is 2.20. The van der Waals surface area contributed by atoms with Gasteiger partial charge in [-0.2, -0.15) is 0 Å². The molecule has 0 aromatic heterocycles. The SMILES string of the molecule is C=C(/C=C/C(C)(C)O)O[Si](C(C)C)(C(C)C)C(C)C. The van der Waals surface area contributed by atoms with Gasteiger partial charge in [-0.25, -0.2) is 0 Å². The Morgan fingerprint density at radius 2 is 1.42 bits per heavy atom. The summed E-state index contributed by atoms with van der Waals surface area (Å²) in [6, 6.07) is 0. The van der Waals surface area contributed by atoms with Gasteiger partial charge in [-0.15, -0.1) is 0 Å². The van der Waals surface area contributed by atoms with Crippen molar-refractivity contribution in [2.24, 2.45) is 0 Å². The largest absolute Gasteiger partial charge is 0.543 e. The monoisotopic (exact) mass is 284 g/mol. The van der Waals surface area contributed by atoms with Gasteiger partial charge in [0.2, 0.25) is 0 Å². The molecule has 19 heavy (non-hydrogen) atoms. The van der Waals surface area contributed by atoms with Crippen LogP contribution in [-0.4, -0.2) is 19.0 Å². The van der Waals surface area contributed by atoms with Crippen molar-refractivity contribution in [1.82, 2.24) is 0 Å². The normalized spacial score (nSPS) is 13.9. The third-order valence-electron chi connectivity index (χ3n) is 3.69. The van der Waals surface area contributed by atoms with Crippen LogP contribution in [0.2, 0.25) is 16.6 Å². The summed E-state index contributed by atoms with van der Waals surface area (Å²) < 4.78 is 6.36. The Labute approximate surface area is 120 Å². The van der Waals surface area contributed by atoms with E-state index < -0.39 is 13.9 Å². The fraction of sp³-hybridized carbons (Fsp3) is 0.750. The molecule has 1 N–H and O–H groups in total. The smallest absolute Gasteiger partial charge is 0.258 e. The number of allylic oxidation sites excluding steroid dienone is 1. The van der Waals surface area contributed by atoms with Gasteiger partial charge in [-0.3, -0.25) is 0 Å². The zero-order chi connectivity index (χ0) is 15.4. The highest BCUT2D eigenvalue weighted by atomic mass is 28.4. The number of aliphatic hydroxyl groups is 1. The Bertz CT molecular complexity index is 300. The molecule has 0 saturated heterocycles. The summed E-state index contributed by atoms with van der Waals surface area (Å²) in [5, 5.41) is 9.72. The molecule has 0 amide bonds. The lowest BCUT2D eigenvalue weighted by Gasteiger charge is -2.42. The molecule has 0 aromatic rings. The summed E-state index contributed by atoms with van der Waals surface area (Å²) in [7, 11) is -1.92. The minimum absolute atomic E-state index is 0.528. The van der Waals surface area contributed by atoms with Crippen LogP contribution in [0.4, 0.5) is 0 Å². The van der Waals surface area contributed by atoms with Crippen molar-refractivity contribution in [3.05, 3.63) is 24.5 Å². The molecule has 112 valence electrons. The lowest BCUT2D eigenvalue weighted by atomic mass is 10.1. The molecule has 0 radical (unpaired) electrons. The first-order valence-electron chi connectivity index (χ1n) is 7.23. The molecule has 0 unspecified atom stereocenters. The first-order chi connectivity index (χ1) is 8.43. The van der Waals surface area contributed by atoms with Crippen LogP contribution in [0.15, 0.2) is 24.5 Å². The first-order valence-corrected chi connectivity index (χ1v) is 9.37. The molecule has 0 bridgehead atoms. The lowest BCUT2D eigenvalue weighted by molar-refractivity contribution is 0.133. The van der Waals surface area contributed by atoms with Crippen molar-refractivity contribution in [2.75, 3.05) is 0 Å². The first kappa shape index (κ1) is 18.5. The van der Waals surface area contributed by atoms with Crippen LogP contribution in [0.25, 0.3) is 0 Å². The highest BCUT2D eigenvalue weighted by molar-refractivity contribution is 6.77. The summed E-state index contributed by atoms with van der Waals surface area (Å²) >= 11 is 0. The van der Waals surface area contributed by atoms with Crippen LogP contribution < -0.4 is 0 Å². The molecular formula is C16H32O2Si. The maximum Gasteiger partial charge on any atom is 0.258 e. The topological polar surface area (TPSA) is 29.5 Å². The Morgan fingerprint density at radius 1 is 1.05 bits per heavy atom. The Hall–Kier alpha value is -0.543. The van der Waals surface area contributed by atoms with Crippen molar-refractivity contribution in [2.45, 2.75) is 77.6 Å². The fourth-order valence-corrected chi connectivity index (χ4v) is 8.14. The molecule has 0 heterocycles. The van der Waals surface area contributed by atoms with Gasteiger partial charge in [0.15, 0.2) is 0 Å². The van der Waals surface area contributed by atoms with Gasteiger partial charge in [0, 0.05) is 0 Å². The summed E-state index contributed by atoms with van der Waals surface area (Å²) in [6.07, 6.45) is 3.53. The Morgan fingerprint density at radius 3 is 1.68 bits per heavy atom. The second-order valence-corrected chi connectivity index (χ2v) is 12.2. The Kier molecular flexibility index (Phi) is 6.56. The molecule has 2 nitrogen and oxygen atoms in total. The van der Waals surface area contributed by atoms with E-state index in [-0.39, 0.29) is 0 Å². The molecule has 0 aliphatic rings. The van der Waals surface area contributed by atoms with E-state index in [0.29, 0.717) is 22.4 Å². The van der Waals surface area contributed by atoms with E-state index in [1.807, 2.05) is 0 Å². The van der Waals surface area contributed by atoms with Crippen LogP contribution in [0.1, 0.15) is 55.4 Å². The van der Waals surface area contributed by atoms with Crippen molar-refractivity contribution >= 4 is 8.32 Å². The quantitative estimate of drug-likeness (QED) is 0.404. The maximum absolute atomic E-state index is 9.72. The van der Waals surface area contributed by atoms with Crippen LogP contribution in [0, 0.1) is 0 Å². The maximum atomic E-state index is 9.72. The predicted octanol–water partition coefficient (Wildman–Crippen LogP) is 5.02. The van der Waals surface area contributed by atoms with E-state index in [0.717, 1.165) is 0 Å². The van der Waals surface area contributed by atoms with E-state index >= 15 is 0 Å². The number of hydrogen-bond acceptors (Lipinski definition) is 2. The average molecular weight is 285 g/mol. The summed E-state index contributed by atoms with van der Waals surface area (Å²) in [4.78, 5) is 0. The second kappa shape index (κ2) is 6.75. The summed E-state index contributed by atoms with van der Waals surface area (Å²) in [5.74, 6) is 0.671. The molecule has 0 saturated carbocycles. The lowest BCUT2D eigenvalue weighted by Crippen LogP contribution is -2.47. The van der Waals surface area contributed by atoms with Gasteiger partial charge in [-0.1, -0.05) is 54.2 Å². The van der Waals surface area contributed by atoms with Crippen LogP contribution in [0.5, 0.6) is 0 Å². The fourth-order valence-electron chi connectivity index (χ4n) is 2.91. The molecular weight excluding hydrogens is 252 g/mol. The van der Waals surface area contributed by atoms with Crippen molar-refractivity contribution in [1.29, 1.82) is 0 Å². The minimum atomic E-state index is -1.92. The number of hydrogen-bond donors (Lipinski definition) is 1. The summed E-state index contributed by atoms with van der Waals surface area (Å²) in [6.45, 7) is 21.0. The van der Waals surface area contributed by atoms with Gasteiger partial charge >= 0.3 is 0 Å². The van der Waals surface area contributed by atoms with E-state index in [4.69, 9.17) is 4.43 Å². The molecule has 0 aliphatic heterocycles. The third-order valence-corrected chi connectivity index (χ3v) is 9.72. The molecule has 0 fully saturated rings. The zero-order valence-electron chi connectivity index (χ0n) is 13.9. The number of rotatable bonds is 7. The summed E-state index contributed by atoms with van der Waals surface area (Å²) in [5.41, 5.74) is 0.753. The zero-order valence-corrected chi connectivity index (χ0v) is 14.9. The van der Waals surface area contributed by atoms with Gasteiger partial charge < -0.3 is 9.53 Å². The standard InChI is InChI=1S/C16H32O2Si/c1-12(2)19(13(3)4,14(5)6)18-15(7)10-11-16(8,9)17/h10-14,17H,7H2,1-6,8-9H3/b11-10+. The minimum Gasteiger partial charge on any atom is -0.543 e. The molecule has 0 rings (SSSR count). The van der Waals surface area contributed by atoms with E-state index in [1.165, 1.54) is 0 Å². The van der Waals surface area contributed by atoms with E-state index in [9.17, 15) is 5.11 Å². The van der Waals surface area contributed by atoms with Gasteiger partial charge in [0.05, 0.1) is 11.4 Å². The van der Waals surface area contributed by atoms with E-state index in [2.05, 4.69) is 48.1 Å². The molecule has 0 spiro atoms. The van der Waals surface area contributed by atoms with E-state index in [1.54, 1.807) is 26.0 Å². The highest BCUT2D eigenvalue weighted by Gasteiger charge is 2.46.